The highest BCUT2D eigenvalue weighted by Crippen LogP contribution is 2.18. The van der Waals surface area contributed by atoms with Gasteiger partial charge in [-0.25, -0.2) is 4.31 Å². The number of carbonyl (C=O) groups is 1. The largest absolute Gasteiger partial charge is 0.279 e. The van der Waals surface area contributed by atoms with Gasteiger partial charge in [0, 0.05) is 32.3 Å². The number of hydrogen-bond donors (Lipinski definition) is 0. The van der Waals surface area contributed by atoms with Crippen molar-refractivity contribution in [2.75, 3.05) is 20.1 Å². The van der Waals surface area contributed by atoms with E-state index in [0.29, 0.717) is 0 Å². The molecule has 0 saturated carbocycles. The van der Waals surface area contributed by atoms with E-state index in [4.69, 9.17) is 0 Å². The van der Waals surface area contributed by atoms with Gasteiger partial charge in [-0.1, -0.05) is 6.42 Å². The zero-order valence-electron chi connectivity index (χ0n) is 6.82. The molecule has 0 aliphatic carbocycles. The Bertz CT molecular complexity index is 126. The summed E-state index contributed by atoms with van der Waals surface area (Å²) in [6.07, 6.45) is 4.71. The summed E-state index contributed by atoms with van der Waals surface area (Å²) in [6.45, 7) is 2.23. The van der Waals surface area contributed by atoms with Gasteiger partial charge >= 0.3 is 0 Å². The standard InChI is InChI=1S/C7H14N2OS/c1-8(7-10)11-9-5-3-2-4-6-9/h7H,2-6H2,1H3. The molecule has 0 aromatic carbocycles. The molecule has 1 heterocycles. The summed E-state index contributed by atoms with van der Waals surface area (Å²) in [5.41, 5.74) is 0. The molecule has 0 radical (unpaired) electrons. The summed E-state index contributed by atoms with van der Waals surface area (Å²) in [6, 6.07) is 0. The molecule has 1 rings (SSSR count). The Balaban J connectivity index is 2.18. The fraction of sp³-hybridized carbons (Fsp3) is 0.857. The van der Waals surface area contributed by atoms with E-state index in [2.05, 4.69) is 4.31 Å². The van der Waals surface area contributed by atoms with E-state index in [0.717, 1.165) is 19.5 Å². The Morgan fingerprint density at radius 3 is 2.55 bits per heavy atom. The Hall–Kier alpha value is -0.220. The molecule has 0 aromatic heterocycles. The topological polar surface area (TPSA) is 23.6 Å². The maximum absolute atomic E-state index is 10.3. The van der Waals surface area contributed by atoms with Gasteiger partial charge in [0.1, 0.15) is 0 Å². The molecule has 64 valence electrons. The molecule has 0 spiro atoms. The van der Waals surface area contributed by atoms with Crippen molar-refractivity contribution in [1.29, 1.82) is 0 Å². The van der Waals surface area contributed by atoms with Crippen molar-refractivity contribution in [3.8, 4) is 0 Å². The van der Waals surface area contributed by atoms with E-state index in [1.54, 1.807) is 11.4 Å². The summed E-state index contributed by atoms with van der Waals surface area (Å²) < 4.78 is 3.84. The first-order valence-corrected chi connectivity index (χ1v) is 4.67. The first kappa shape index (κ1) is 8.87. The predicted octanol–water partition coefficient (Wildman–Crippen LogP) is 1.12. The Morgan fingerprint density at radius 1 is 1.36 bits per heavy atom. The van der Waals surface area contributed by atoms with Gasteiger partial charge in [0.15, 0.2) is 0 Å². The van der Waals surface area contributed by atoms with Crippen LogP contribution in [0.2, 0.25) is 0 Å². The number of piperidine rings is 1. The van der Waals surface area contributed by atoms with E-state index in [1.165, 1.54) is 31.4 Å². The monoisotopic (exact) mass is 174 g/mol. The number of amides is 1. The summed E-state index contributed by atoms with van der Waals surface area (Å²) >= 11 is 1.52. The zero-order valence-corrected chi connectivity index (χ0v) is 7.64. The van der Waals surface area contributed by atoms with Gasteiger partial charge in [0.25, 0.3) is 0 Å². The molecule has 1 saturated heterocycles. The Kier molecular flexibility index (Phi) is 3.72. The second-order valence-corrected chi connectivity index (χ2v) is 3.98. The van der Waals surface area contributed by atoms with Crippen LogP contribution in [0.5, 0.6) is 0 Å². The molecule has 0 unspecified atom stereocenters. The van der Waals surface area contributed by atoms with E-state index in [1.807, 2.05) is 0 Å². The lowest BCUT2D eigenvalue weighted by Gasteiger charge is -2.26. The number of nitrogens with zero attached hydrogens (tertiary/aromatic N) is 2. The molecule has 3 nitrogen and oxygen atoms in total. The van der Waals surface area contributed by atoms with Crippen LogP contribution in [0.1, 0.15) is 19.3 Å². The SMILES string of the molecule is CN(C=O)SN1CCCCC1. The first-order valence-electron chi connectivity index (χ1n) is 3.94. The van der Waals surface area contributed by atoms with Gasteiger partial charge in [-0.05, 0) is 12.8 Å². The quantitative estimate of drug-likeness (QED) is 0.473. The minimum atomic E-state index is 0.847. The second kappa shape index (κ2) is 4.62. The smallest absolute Gasteiger partial charge is 0.220 e. The van der Waals surface area contributed by atoms with Crippen molar-refractivity contribution < 1.29 is 4.79 Å². The average molecular weight is 174 g/mol. The van der Waals surface area contributed by atoms with Gasteiger partial charge in [-0.2, -0.15) is 0 Å². The van der Waals surface area contributed by atoms with Gasteiger partial charge in [0.2, 0.25) is 6.41 Å². The second-order valence-electron chi connectivity index (χ2n) is 2.72. The lowest BCUT2D eigenvalue weighted by atomic mass is 10.2. The van der Waals surface area contributed by atoms with Gasteiger partial charge in [0.05, 0.1) is 0 Å². The van der Waals surface area contributed by atoms with Crippen LogP contribution in [0, 0.1) is 0 Å². The predicted molar refractivity (Wildman–Crippen MR) is 46.8 cm³/mol. The highest BCUT2D eigenvalue weighted by atomic mass is 32.2. The highest BCUT2D eigenvalue weighted by molar-refractivity contribution is 7.95. The van der Waals surface area contributed by atoms with E-state index in [9.17, 15) is 4.79 Å². The third kappa shape index (κ3) is 3.12. The fourth-order valence-electron chi connectivity index (χ4n) is 1.15. The summed E-state index contributed by atoms with van der Waals surface area (Å²) in [7, 11) is 1.78. The van der Waals surface area contributed by atoms with Crippen LogP contribution in [0.25, 0.3) is 0 Å². The third-order valence-electron chi connectivity index (χ3n) is 1.71. The zero-order chi connectivity index (χ0) is 8.10. The van der Waals surface area contributed by atoms with Crippen LogP contribution in [0.4, 0.5) is 0 Å². The molecule has 1 amide bonds. The molecule has 0 bridgehead atoms. The summed E-state index contributed by atoms with van der Waals surface area (Å²) in [5, 5.41) is 0. The van der Waals surface area contributed by atoms with Crippen LogP contribution in [-0.2, 0) is 4.79 Å². The Morgan fingerprint density at radius 2 is 2.00 bits per heavy atom. The van der Waals surface area contributed by atoms with Crippen LogP contribution < -0.4 is 0 Å². The lowest BCUT2D eigenvalue weighted by molar-refractivity contribution is -0.113. The van der Waals surface area contributed by atoms with Crippen molar-refractivity contribution in [2.24, 2.45) is 0 Å². The fourth-order valence-corrected chi connectivity index (χ4v) is 1.97. The summed E-state index contributed by atoms with van der Waals surface area (Å²) in [4.78, 5) is 10.3. The molecule has 1 fully saturated rings. The number of hydrogen-bond acceptors (Lipinski definition) is 3. The molecule has 4 heteroatoms. The maximum atomic E-state index is 10.3. The maximum Gasteiger partial charge on any atom is 0.220 e. The van der Waals surface area contributed by atoms with Crippen molar-refractivity contribution in [3.05, 3.63) is 0 Å². The summed E-state index contributed by atoms with van der Waals surface area (Å²) in [5.74, 6) is 0. The Labute approximate surface area is 72.0 Å². The van der Waals surface area contributed by atoms with Crippen LogP contribution in [0.15, 0.2) is 0 Å². The molecular weight excluding hydrogens is 160 g/mol. The van der Waals surface area contributed by atoms with Crippen LogP contribution >= 0.6 is 12.1 Å². The normalized spacial score (nSPS) is 19.7. The van der Waals surface area contributed by atoms with Gasteiger partial charge < -0.3 is 0 Å². The van der Waals surface area contributed by atoms with Crippen molar-refractivity contribution in [2.45, 2.75) is 19.3 Å². The number of rotatable bonds is 3. The minimum Gasteiger partial charge on any atom is -0.279 e. The van der Waals surface area contributed by atoms with Crippen molar-refractivity contribution >= 4 is 18.5 Å². The molecule has 0 atom stereocenters. The van der Waals surface area contributed by atoms with E-state index in [-0.39, 0.29) is 0 Å². The van der Waals surface area contributed by atoms with E-state index < -0.39 is 0 Å². The van der Waals surface area contributed by atoms with Crippen molar-refractivity contribution in [1.82, 2.24) is 8.61 Å². The van der Waals surface area contributed by atoms with Crippen molar-refractivity contribution in [3.63, 3.8) is 0 Å². The molecule has 0 N–H and O–H groups in total. The minimum absolute atomic E-state index is 0.847. The molecule has 1 aliphatic rings. The lowest BCUT2D eigenvalue weighted by Crippen LogP contribution is -2.27. The third-order valence-corrected chi connectivity index (χ3v) is 2.65. The van der Waals surface area contributed by atoms with Crippen LogP contribution in [-0.4, -0.2) is 35.2 Å². The molecule has 11 heavy (non-hydrogen) atoms. The van der Waals surface area contributed by atoms with Crippen LogP contribution in [0.3, 0.4) is 0 Å². The first-order chi connectivity index (χ1) is 5.33. The number of carbonyl (C=O) groups excluding carboxylic acids is 1. The molecule has 1 aliphatic heterocycles. The average Bonchev–Trinajstić information content (AvgIpc) is 2.06. The van der Waals surface area contributed by atoms with Gasteiger partial charge in [-0.3, -0.25) is 9.10 Å². The molecular formula is C7H14N2OS. The van der Waals surface area contributed by atoms with E-state index >= 15 is 0 Å². The molecule has 0 aromatic rings. The highest BCUT2D eigenvalue weighted by Gasteiger charge is 2.11. The van der Waals surface area contributed by atoms with Gasteiger partial charge in [-0.15, -0.1) is 0 Å².